The minimum absolute atomic E-state index is 0.239. The maximum Gasteiger partial charge on any atom is 0.416 e. The summed E-state index contributed by atoms with van der Waals surface area (Å²) in [5, 5.41) is 3.14. The standard InChI is InChI=1S/C13H18F3N/c1-3-6-11(4-2)17-12-8-5-7-10(9-12)13(14,15)16/h5,7-9,11,17H,3-4,6H2,1-2H3. The van der Waals surface area contributed by atoms with Crippen LogP contribution in [0.5, 0.6) is 0 Å². The zero-order valence-corrected chi connectivity index (χ0v) is 10.1. The number of rotatable bonds is 5. The van der Waals surface area contributed by atoms with Crippen LogP contribution in [0.4, 0.5) is 18.9 Å². The van der Waals surface area contributed by atoms with Gasteiger partial charge in [-0.05, 0) is 31.0 Å². The SMILES string of the molecule is CCCC(CC)Nc1cccc(C(F)(F)F)c1. The molecule has 1 aromatic carbocycles. The average molecular weight is 245 g/mol. The monoisotopic (exact) mass is 245 g/mol. The van der Waals surface area contributed by atoms with E-state index in [1.54, 1.807) is 6.07 Å². The van der Waals surface area contributed by atoms with Crippen molar-refractivity contribution in [2.45, 2.75) is 45.3 Å². The number of anilines is 1. The Morgan fingerprint density at radius 3 is 2.47 bits per heavy atom. The van der Waals surface area contributed by atoms with E-state index in [1.165, 1.54) is 12.1 Å². The van der Waals surface area contributed by atoms with Gasteiger partial charge in [-0.25, -0.2) is 0 Å². The second-order valence-electron chi connectivity index (χ2n) is 4.12. The van der Waals surface area contributed by atoms with Crippen LogP contribution in [0, 0.1) is 0 Å². The molecule has 0 radical (unpaired) electrons. The molecule has 0 aliphatic carbocycles. The third-order valence-electron chi connectivity index (χ3n) is 2.69. The summed E-state index contributed by atoms with van der Waals surface area (Å²) in [5.41, 5.74) is -0.0611. The van der Waals surface area contributed by atoms with E-state index in [0.29, 0.717) is 5.69 Å². The summed E-state index contributed by atoms with van der Waals surface area (Å²) in [6, 6.07) is 5.60. The van der Waals surface area contributed by atoms with Gasteiger partial charge in [0.25, 0.3) is 0 Å². The smallest absolute Gasteiger partial charge is 0.382 e. The van der Waals surface area contributed by atoms with E-state index in [4.69, 9.17) is 0 Å². The topological polar surface area (TPSA) is 12.0 Å². The van der Waals surface area contributed by atoms with E-state index in [1.807, 2.05) is 6.92 Å². The third kappa shape index (κ3) is 4.29. The normalized spacial score (nSPS) is 13.5. The molecule has 0 amide bonds. The summed E-state index contributed by atoms with van der Waals surface area (Å²) >= 11 is 0. The fourth-order valence-electron chi connectivity index (χ4n) is 1.75. The van der Waals surface area contributed by atoms with Crippen LogP contribution < -0.4 is 5.32 Å². The van der Waals surface area contributed by atoms with E-state index in [9.17, 15) is 13.2 Å². The first kappa shape index (κ1) is 13.9. The van der Waals surface area contributed by atoms with Crippen molar-refractivity contribution in [1.29, 1.82) is 0 Å². The largest absolute Gasteiger partial charge is 0.416 e. The van der Waals surface area contributed by atoms with Crippen molar-refractivity contribution < 1.29 is 13.2 Å². The van der Waals surface area contributed by atoms with Crippen LogP contribution in [0.15, 0.2) is 24.3 Å². The van der Waals surface area contributed by atoms with Crippen molar-refractivity contribution in [2.75, 3.05) is 5.32 Å². The van der Waals surface area contributed by atoms with Gasteiger partial charge in [-0.1, -0.05) is 26.3 Å². The molecule has 0 aromatic heterocycles. The van der Waals surface area contributed by atoms with Gasteiger partial charge in [0.2, 0.25) is 0 Å². The molecule has 96 valence electrons. The van der Waals surface area contributed by atoms with Crippen molar-refractivity contribution in [3.8, 4) is 0 Å². The molecule has 0 heterocycles. The lowest BCUT2D eigenvalue weighted by atomic mass is 10.1. The molecule has 1 aromatic rings. The molecule has 1 N–H and O–H groups in total. The Bertz CT molecular complexity index is 347. The Kier molecular flexibility index (Phi) is 4.85. The van der Waals surface area contributed by atoms with Crippen molar-refractivity contribution in [3.05, 3.63) is 29.8 Å². The van der Waals surface area contributed by atoms with Crippen molar-refractivity contribution in [1.82, 2.24) is 0 Å². The minimum Gasteiger partial charge on any atom is -0.382 e. The molecule has 4 heteroatoms. The highest BCUT2D eigenvalue weighted by Gasteiger charge is 2.30. The van der Waals surface area contributed by atoms with Gasteiger partial charge in [-0.15, -0.1) is 0 Å². The number of alkyl halides is 3. The van der Waals surface area contributed by atoms with Crippen molar-refractivity contribution >= 4 is 5.69 Å². The fraction of sp³-hybridized carbons (Fsp3) is 0.538. The summed E-state index contributed by atoms with van der Waals surface area (Å²) in [5.74, 6) is 0. The van der Waals surface area contributed by atoms with Crippen LogP contribution in [0.25, 0.3) is 0 Å². The van der Waals surface area contributed by atoms with Gasteiger partial charge < -0.3 is 5.32 Å². The molecular formula is C13H18F3N. The number of nitrogens with one attached hydrogen (secondary N) is 1. The first-order valence-electron chi connectivity index (χ1n) is 5.91. The third-order valence-corrected chi connectivity index (χ3v) is 2.69. The van der Waals surface area contributed by atoms with Gasteiger partial charge in [0.1, 0.15) is 0 Å². The highest BCUT2D eigenvalue weighted by Crippen LogP contribution is 2.30. The average Bonchev–Trinajstić information content (AvgIpc) is 2.28. The van der Waals surface area contributed by atoms with Crippen molar-refractivity contribution in [3.63, 3.8) is 0 Å². The predicted molar refractivity (Wildman–Crippen MR) is 64.1 cm³/mol. The molecule has 0 aliphatic heterocycles. The summed E-state index contributed by atoms with van der Waals surface area (Å²) < 4.78 is 37.5. The fourth-order valence-corrected chi connectivity index (χ4v) is 1.75. The van der Waals surface area contributed by atoms with E-state index < -0.39 is 11.7 Å². The Hall–Kier alpha value is -1.19. The summed E-state index contributed by atoms with van der Waals surface area (Å²) in [6.07, 6.45) is -1.38. The number of hydrogen-bond acceptors (Lipinski definition) is 1. The molecule has 1 nitrogen and oxygen atoms in total. The molecule has 0 fully saturated rings. The first-order chi connectivity index (χ1) is 7.97. The minimum atomic E-state index is -4.27. The van der Waals surface area contributed by atoms with Gasteiger partial charge in [0.15, 0.2) is 0 Å². The number of halogens is 3. The maximum atomic E-state index is 12.5. The van der Waals surface area contributed by atoms with Gasteiger partial charge in [-0.2, -0.15) is 13.2 Å². The second-order valence-corrected chi connectivity index (χ2v) is 4.12. The molecule has 1 unspecified atom stereocenters. The van der Waals surface area contributed by atoms with Crippen LogP contribution in [0.2, 0.25) is 0 Å². The zero-order chi connectivity index (χ0) is 12.9. The predicted octanol–water partition coefficient (Wildman–Crippen LogP) is 4.70. The van der Waals surface area contributed by atoms with Crippen molar-refractivity contribution in [2.24, 2.45) is 0 Å². The van der Waals surface area contributed by atoms with Crippen LogP contribution >= 0.6 is 0 Å². The lowest BCUT2D eigenvalue weighted by molar-refractivity contribution is -0.137. The van der Waals surface area contributed by atoms with Gasteiger partial charge >= 0.3 is 6.18 Å². The molecule has 1 atom stereocenters. The molecule has 0 saturated heterocycles. The maximum absolute atomic E-state index is 12.5. The molecule has 1 rings (SSSR count). The molecular weight excluding hydrogens is 227 g/mol. The summed E-state index contributed by atoms with van der Waals surface area (Å²) in [4.78, 5) is 0. The van der Waals surface area contributed by atoms with Gasteiger partial charge in [-0.3, -0.25) is 0 Å². The van der Waals surface area contributed by atoms with Gasteiger partial charge in [0.05, 0.1) is 5.56 Å². The van der Waals surface area contributed by atoms with Crippen LogP contribution in [0.3, 0.4) is 0 Å². The van der Waals surface area contributed by atoms with Crippen LogP contribution in [-0.2, 0) is 6.18 Å². The summed E-state index contributed by atoms with van der Waals surface area (Å²) in [7, 11) is 0. The van der Waals surface area contributed by atoms with Gasteiger partial charge in [0, 0.05) is 11.7 Å². The number of benzene rings is 1. The van der Waals surface area contributed by atoms with E-state index in [2.05, 4.69) is 12.2 Å². The lowest BCUT2D eigenvalue weighted by Crippen LogP contribution is -2.18. The Morgan fingerprint density at radius 1 is 1.24 bits per heavy atom. The van der Waals surface area contributed by atoms with E-state index in [-0.39, 0.29) is 6.04 Å². The highest BCUT2D eigenvalue weighted by molar-refractivity contribution is 5.47. The highest BCUT2D eigenvalue weighted by atomic mass is 19.4. The molecule has 0 saturated carbocycles. The van der Waals surface area contributed by atoms with E-state index >= 15 is 0 Å². The van der Waals surface area contributed by atoms with Crippen LogP contribution in [0.1, 0.15) is 38.7 Å². The molecule has 17 heavy (non-hydrogen) atoms. The first-order valence-corrected chi connectivity index (χ1v) is 5.91. The Balaban J connectivity index is 2.78. The quantitative estimate of drug-likeness (QED) is 0.793. The van der Waals surface area contributed by atoms with Crippen LogP contribution in [-0.4, -0.2) is 6.04 Å². The molecule has 0 bridgehead atoms. The summed E-state index contributed by atoms with van der Waals surface area (Å²) in [6.45, 7) is 4.09. The molecule has 0 aliphatic rings. The molecule has 0 spiro atoms. The Morgan fingerprint density at radius 2 is 1.94 bits per heavy atom. The second kappa shape index (κ2) is 5.94. The van der Waals surface area contributed by atoms with E-state index in [0.717, 1.165) is 25.3 Å². The lowest BCUT2D eigenvalue weighted by Gasteiger charge is -2.18. The number of hydrogen-bond donors (Lipinski definition) is 1. The Labute approximate surface area is 100 Å². The zero-order valence-electron chi connectivity index (χ0n) is 10.1.